The third-order valence-corrected chi connectivity index (χ3v) is 4.27. The highest BCUT2D eigenvalue weighted by molar-refractivity contribution is 5.88. The molecule has 0 unspecified atom stereocenters. The quantitative estimate of drug-likeness (QED) is 0.819. The van der Waals surface area contributed by atoms with E-state index >= 15 is 0 Å². The Kier molecular flexibility index (Phi) is 5.74. The minimum atomic E-state index is -0.602. The van der Waals surface area contributed by atoms with Crippen LogP contribution in [0.15, 0.2) is 24.3 Å². The molecule has 1 N–H and O–H groups in total. The fourth-order valence-corrected chi connectivity index (χ4v) is 3.16. The molecule has 0 bridgehead atoms. The molecule has 0 aromatic heterocycles. The first-order valence-electron chi connectivity index (χ1n) is 8.18. The van der Waals surface area contributed by atoms with E-state index < -0.39 is 5.41 Å². The molecule has 4 nitrogen and oxygen atoms in total. The summed E-state index contributed by atoms with van der Waals surface area (Å²) in [6, 6.07) is 6.16. The zero-order valence-corrected chi connectivity index (χ0v) is 13.7. The van der Waals surface area contributed by atoms with Crippen LogP contribution in [-0.4, -0.2) is 24.5 Å². The summed E-state index contributed by atoms with van der Waals surface area (Å²) < 4.78 is 18.2. The molecule has 1 aliphatic carbocycles. The molecule has 0 aliphatic heterocycles. The lowest BCUT2D eigenvalue weighted by Crippen LogP contribution is -2.43. The Bertz CT molecular complexity index is 548. The smallest absolute Gasteiger partial charge is 0.307 e. The van der Waals surface area contributed by atoms with Crippen LogP contribution in [0.2, 0.25) is 0 Å². The Morgan fingerprint density at radius 2 is 1.83 bits per heavy atom. The van der Waals surface area contributed by atoms with Crippen molar-refractivity contribution in [3.8, 4) is 0 Å². The number of halogens is 1. The van der Waals surface area contributed by atoms with Gasteiger partial charge in [0.15, 0.2) is 0 Å². The molecule has 5 heteroatoms. The van der Waals surface area contributed by atoms with Gasteiger partial charge in [-0.25, -0.2) is 4.39 Å². The Morgan fingerprint density at radius 1 is 1.22 bits per heavy atom. The van der Waals surface area contributed by atoms with Crippen LogP contribution in [0.4, 0.5) is 4.39 Å². The van der Waals surface area contributed by atoms with Crippen molar-refractivity contribution in [1.82, 2.24) is 5.32 Å². The highest BCUT2D eigenvalue weighted by Crippen LogP contribution is 2.41. The fraction of sp³-hybridized carbons (Fsp3) is 0.556. The molecular weight excluding hydrogens is 297 g/mol. The van der Waals surface area contributed by atoms with Gasteiger partial charge in [-0.2, -0.15) is 0 Å². The van der Waals surface area contributed by atoms with Crippen molar-refractivity contribution in [3.63, 3.8) is 0 Å². The van der Waals surface area contributed by atoms with Crippen LogP contribution >= 0.6 is 0 Å². The van der Waals surface area contributed by atoms with E-state index in [1.165, 1.54) is 12.1 Å². The van der Waals surface area contributed by atoms with E-state index in [0.29, 0.717) is 0 Å². The van der Waals surface area contributed by atoms with E-state index in [2.05, 4.69) is 5.32 Å². The van der Waals surface area contributed by atoms with E-state index in [9.17, 15) is 14.0 Å². The van der Waals surface area contributed by atoms with Crippen LogP contribution in [0.5, 0.6) is 0 Å². The van der Waals surface area contributed by atoms with Gasteiger partial charge in [-0.15, -0.1) is 0 Å². The molecule has 1 fully saturated rings. The number of benzene rings is 1. The van der Waals surface area contributed by atoms with E-state index in [1.807, 2.05) is 0 Å². The largest absolute Gasteiger partial charge is 0.463 e. The standard InChI is InChI=1S/C18H24FNO3/c1-13(2)23-16(21)9-12-20-17(22)18(10-3-4-11-18)14-5-7-15(19)8-6-14/h5-8,13H,3-4,9-12H2,1-2H3,(H,20,22). The number of hydrogen-bond acceptors (Lipinski definition) is 3. The molecule has 0 saturated heterocycles. The molecule has 1 aromatic carbocycles. The van der Waals surface area contributed by atoms with Gasteiger partial charge in [-0.3, -0.25) is 9.59 Å². The second-order valence-corrected chi connectivity index (χ2v) is 6.34. The van der Waals surface area contributed by atoms with Crippen LogP contribution in [-0.2, 0) is 19.7 Å². The molecule has 1 aromatic rings. The molecule has 0 radical (unpaired) electrons. The maximum absolute atomic E-state index is 13.1. The Hall–Kier alpha value is -1.91. The molecular formula is C18H24FNO3. The Balaban J connectivity index is 1.99. The third kappa shape index (κ3) is 4.30. The topological polar surface area (TPSA) is 55.4 Å². The number of ether oxygens (including phenoxy) is 1. The average molecular weight is 321 g/mol. The normalized spacial score (nSPS) is 16.3. The second kappa shape index (κ2) is 7.57. The van der Waals surface area contributed by atoms with Crippen molar-refractivity contribution >= 4 is 11.9 Å². The summed E-state index contributed by atoms with van der Waals surface area (Å²) in [6.45, 7) is 3.84. The monoisotopic (exact) mass is 321 g/mol. The summed E-state index contributed by atoms with van der Waals surface area (Å²) in [5, 5.41) is 2.85. The molecule has 126 valence electrons. The number of carbonyl (C=O) groups excluding carboxylic acids is 2. The summed E-state index contributed by atoms with van der Waals surface area (Å²) in [4.78, 5) is 24.2. The predicted molar refractivity (Wildman–Crippen MR) is 85.4 cm³/mol. The zero-order chi connectivity index (χ0) is 16.9. The van der Waals surface area contributed by atoms with Gasteiger partial charge in [0.2, 0.25) is 5.91 Å². The van der Waals surface area contributed by atoms with Crippen molar-refractivity contribution in [2.75, 3.05) is 6.54 Å². The summed E-state index contributed by atoms with van der Waals surface area (Å²) in [6.07, 6.45) is 3.45. The van der Waals surface area contributed by atoms with Gasteiger partial charge in [-0.1, -0.05) is 25.0 Å². The Morgan fingerprint density at radius 3 is 2.39 bits per heavy atom. The van der Waals surface area contributed by atoms with Crippen LogP contribution in [0.3, 0.4) is 0 Å². The van der Waals surface area contributed by atoms with Gasteiger partial charge in [0.25, 0.3) is 0 Å². The number of amides is 1. The van der Waals surface area contributed by atoms with Gasteiger partial charge in [0, 0.05) is 6.54 Å². The predicted octanol–water partition coefficient (Wildman–Crippen LogP) is 3.10. The summed E-state index contributed by atoms with van der Waals surface area (Å²) >= 11 is 0. The summed E-state index contributed by atoms with van der Waals surface area (Å²) in [7, 11) is 0. The van der Waals surface area contributed by atoms with E-state index in [0.717, 1.165) is 31.2 Å². The van der Waals surface area contributed by atoms with Crippen LogP contribution < -0.4 is 5.32 Å². The lowest BCUT2D eigenvalue weighted by molar-refractivity contribution is -0.147. The average Bonchev–Trinajstić information content (AvgIpc) is 2.98. The molecule has 2 rings (SSSR count). The maximum Gasteiger partial charge on any atom is 0.307 e. The highest BCUT2D eigenvalue weighted by Gasteiger charge is 2.42. The van der Waals surface area contributed by atoms with Crippen LogP contribution in [0, 0.1) is 5.82 Å². The minimum Gasteiger partial charge on any atom is -0.463 e. The lowest BCUT2D eigenvalue weighted by atomic mass is 9.78. The van der Waals surface area contributed by atoms with Crippen LogP contribution in [0.25, 0.3) is 0 Å². The molecule has 1 aliphatic rings. The van der Waals surface area contributed by atoms with Crippen molar-refractivity contribution in [1.29, 1.82) is 0 Å². The van der Waals surface area contributed by atoms with Crippen molar-refractivity contribution in [2.24, 2.45) is 0 Å². The van der Waals surface area contributed by atoms with E-state index in [-0.39, 0.29) is 36.8 Å². The SMILES string of the molecule is CC(C)OC(=O)CCNC(=O)C1(c2ccc(F)cc2)CCCC1. The van der Waals surface area contributed by atoms with Gasteiger partial charge >= 0.3 is 5.97 Å². The van der Waals surface area contributed by atoms with Crippen molar-refractivity contribution < 1.29 is 18.7 Å². The minimum absolute atomic E-state index is 0.0843. The molecule has 0 spiro atoms. The summed E-state index contributed by atoms with van der Waals surface area (Å²) in [5.41, 5.74) is 0.244. The number of rotatable bonds is 6. The molecule has 0 atom stereocenters. The molecule has 23 heavy (non-hydrogen) atoms. The second-order valence-electron chi connectivity index (χ2n) is 6.34. The van der Waals surface area contributed by atoms with Gasteiger partial charge in [-0.05, 0) is 44.4 Å². The van der Waals surface area contributed by atoms with Crippen LogP contribution in [0.1, 0.15) is 51.5 Å². The van der Waals surface area contributed by atoms with Gasteiger partial charge < -0.3 is 10.1 Å². The van der Waals surface area contributed by atoms with E-state index in [4.69, 9.17) is 4.74 Å². The molecule has 1 amide bonds. The highest BCUT2D eigenvalue weighted by atomic mass is 19.1. The number of nitrogens with one attached hydrogen (secondary N) is 1. The zero-order valence-electron chi connectivity index (χ0n) is 13.7. The Labute approximate surface area is 136 Å². The van der Waals surface area contributed by atoms with Gasteiger partial charge in [0.05, 0.1) is 17.9 Å². The number of esters is 1. The first-order chi connectivity index (χ1) is 10.9. The third-order valence-electron chi connectivity index (χ3n) is 4.27. The van der Waals surface area contributed by atoms with Gasteiger partial charge in [0.1, 0.15) is 5.82 Å². The first-order valence-corrected chi connectivity index (χ1v) is 8.18. The van der Waals surface area contributed by atoms with Crippen molar-refractivity contribution in [3.05, 3.63) is 35.6 Å². The number of carbonyl (C=O) groups is 2. The number of hydrogen-bond donors (Lipinski definition) is 1. The first kappa shape index (κ1) is 17.4. The maximum atomic E-state index is 13.1. The van der Waals surface area contributed by atoms with Crippen molar-refractivity contribution in [2.45, 2.75) is 57.5 Å². The fourth-order valence-electron chi connectivity index (χ4n) is 3.16. The van der Waals surface area contributed by atoms with E-state index in [1.54, 1.807) is 26.0 Å². The lowest BCUT2D eigenvalue weighted by Gasteiger charge is -2.28. The molecule has 0 heterocycles. The molecule has 1 saturated carbocycles. The summed E-state index contributed by atoms with van der Waals surface area (Å²) in [5.74, 6) is -0.708.